The minimum Gasteiger partial charge on any atom is -0.0956 e. The quantitative estimate of drug-likeness (QED) is 0.437. The third kappa shape index (κ3) is 4.44. The van der Waals surface area contributed by atoms with Crippen molar-refractivity contribution in [3.63, 3.8) is 0 Å². The van der Waals surface area contributed by atoms with Gasteiger partial charge >= 0.3 is 0 Å². The van der Waals surface area contributed by atoms with Crippen LogP contribution in [0.2, 0.25) is 0 Å². The molecule has 3 fully saturated rings. The first-order valence-corrected chi connectivity index (χ1v) is 11.2. The summed E-state index contributed by atoms with van der Waals surface area (Å²) >= 11 is 0. The molecule has 0 aromatic rings. The lowest BCUT2D eigenvalue weighted by Crippen LogP contribution is -2.33. The fourth-order valence-corrected chi connectivity index (χ4v) is 5.76. The van der Waals surface area contributed by atoms with E-state index in [4.69, 9.17) is 0 Å². The van der Waals surface area contributed by atoms with Gasteiger partial charge in [-0.1, -0.05) is 62.8 Å². The van der Waals surface area contributed by atoms with Gasteiger partial charge in [-0.3, -0.25) is 0 Å². The van der Waals surface area contributed by atoms with Crippen LogP contribution >= 0.6 is 0 Å². The topological polar surface area (TPSA) is 0 Å². The second kappa shape index (κ2) is 8.77. The van der Waals surface area contributed by atoms with E-state index >= 15 is 0 Å². The molecule has 0 bridgehead atoms. The van der Waals surface area contributed by atoms with Gasteiger partial charge in [0.2, 0.25) is 0 Å². The molecule has 0 amide bonds. The maximum atomic E-state index is 4.30. The summed E-state index contributed by atoms with van der Waals surface area (Å²) in [5.41, 5.74) is 5.21. The van der Waals surface area contributed by atoms with Gasteiger partial charge in [-0.25, -0.2) is 0 Å². The van der Waals surface area contributed by atoms with E-state index in [1.165, 1.54) is 81.8 Å². The number of rotatable bonds is 5. The van der Waals surface area contributed by atoms with E-state index in [2.05, 4.69) is 51.7 Å². The molecule has 3 rings (SSSR count). The van der Waals surface area contributed by atoms with Crippen LogP contribution in [-0.4, -0.2) is 0 Å². The SMILES string of the molecule is C=C1CCCC/C1=C/C=C1\CCC[C@]2(C)C(C/C=C/CC(C)C)CCC12. The van der Waals surface area contributed by atoms with Crippen LogP contribution in [-0.2, 0) is 0 Å². The molecule has 26 heavy (non-hydrogen) atoms. The molecule has 2 unspecified atom stereocenters. The number of hydrogen-bond donors (Lipinski definition) is 0. The molecule has 0 saturated heterocycles. The minimum absolute atomic E-state index is 0.536. The molecule has 0 aromatic heterocycles. The molecule has 3 aliphatic rings. The van der Waals surface area contributed by atoms with Crippen molar-refractivity contribution >= 4 is 0 Å². The van der Waals surface area contributed by atoms with E-state index in [0.717, 1.165) is 17.8 Å². The van der Waals surface area contributed by atoms with Crippen molar-refractivity contribution in [2.75, 3.05) is 0 Å². The van der Waals surface area contributed by atoms with Crippen molar-refractivity contribution in [1.82, 2.24) is 0 Å². The Labute approximate surface area is 162 Å². The lowest BCUT2D eigenvalue weighted by molar-refractivity contribution is 0.137. The fourth-order valence-electron chi connectivity index (χ4n) is 5.76. The van der Waals surface area contributed by atoms with Gasteiger partial charge in [0.05, 0.1) is 0 Å². The van der Waals surface area contributed by atoms with Gasteiger partial charge in [-0.15, -0.1) is 0 Å². The predicted octanol–water partition coefficient (Wildman–Crippen LogP) is 8.18. The standard InChI is InChI=1S/C26H40/c1-20(2)10-5-8-14-24-17-18-25-23(13-9-19-26(24,25)4)16-15-22-12-7-6-11-21(22)3/h5,8,15-16,20,24-25H,3,6-7,9-14,17-19H2,1-2,4H3/b8-5+,22-15-,23-16+/t24?,25?,26-/m1/s1. The van der Waals surface area contributed by atoms with Gasteiger partial charge in [0.25, 0.3) is 0 Å². The Balaban J connectivity index is 1.68. The van der Waals surface area contributed by atoms with Crippen molar-refractivity contribution < 1.29 is 0 Å². The molecule has 3 aliphatic carbocycles. The maximum Gasteiger partial charge on any atom is -0.0143 e. The smallest absolute Gasteiger partial charge is 0.0143 e. The molecule has 3 atom stereocenters. The van der Waals surface area contributed by atoms with Crippen LogP contribution in [0.3, 0.4) is 0 Å². The summed E-state index contributed by atoms with van der Waals surface area (Å²) in [4.78, 5) is 0. The second-order valence-corrected chi connectivity index (χ2v) is 9.77. The second-order valence-electron chi connectivity index (χ2n) is 9.77. The Hall–Kier alpha value is -1.04. The molecule has 0 N–H and O–H groups in total. The van der Waals surface area contributed by atoms with Crippen molar-refractivity contribution in [2.45, 2.75) is 91.4 Å². The lowest BCUT2D eigenvalue weighted by Gasteiger charge is -2.42. The van der Waals surface area contributed by atoms with Crippen LogP contribution in [0, 0.1) is 23.2 Å². The number of fused-ring (bicyclic) bond motifs is 1. The Morgan fingerprint density at radius 1 is 1.04 bits per heavy atom. The van der Waals surface area contributed by atoms with E-state index in [9.17, 15) is 0 Å². The van der Waals surface area contributed by atoms with Crippen LogP contribution in [0.1, 0.15) is 91.4 Å². The Bertz CT molecular complexity index is 585. The summed E-state index contributed by atoms with van der Waals surface area (Å²) in [7, 11) is 0. The van der Waals surface area contributed by atoms with Gasteiger partial charge in [-0.05, 0) is 99.4 Å². The van der Waals surface area contributed by atoms with Crippen LogP contribution < -0.4 is 0 Å². The first-order chi connectivity index (χ1) is 12.5. The zero-order valence-corrected chi connectivity index (χ0v) is 17.5. The molecule has 0 aromatic carbocycles. The molecular formula is C26H40. The number of hydrogen-bond acceptors (Lipinski definition) is 0. The third-order valence-electron chi connectivity index (χ3n) is 7.48. The summed E-state index contributed by atoms with van der Waals surface area (Å²) in [5.74, 6) is 2.50. The Morgan fingerprint density at radius 2 is 1.85 bits per heavy atom. The van der Waals surface area contributed by atoms with Gasteiger partial charge in [0.15, 0.2) is 0 Å². The van der Waals surface area contributed by atoms with Crippen LogP contribution in [0.25, 0.3) is 0 Å². The molecular weight excluding hydrogens is 312 g/mol. The maximum absolute atomic E-state index is 4.30. The summed E-state index contributed by atoms with van der Waals surface area (Å²) in [6, 6.07) is 0. The Kier molecular flexibility index (Phi) is 6.65. The fraction of sp³-hybridized carbons (Fsp3) is 0.692. The van der Waals surface area contributed by atoms with Crippen molar-refractivity contribution in [1.29, 1.82) is 0 Å². The molecule has 0 aliphatic heterocycles. The van der Waals surface area contributed by atoms with Gasteiger partial charge in [0.1, 0.15) is 0 Å². The average molecular weight is 353 g/mol. The molecule has 0 radical (unpaired) electrons. The van der Waals surface area contributed by atoms with E-state index in [1.54, 1.807) is 5.57 Å². The summed E-state index contributed by atoms with van der Waals surface area (Å²) in [6.45, 7) is 11.5. The van der Waals surface area contributed by atoms with Crippen molar-refractivity contribution in [3.05, 3.63) is 47.6 Å². The van der Waals surface area contributed by atoms with E-state index < -0.39 is 0 Å². The summed E-state index contributed by atoms with van der Waals surface area (Å²) in [6.07, 6.45) is 24.5. The van der Waals surface area contributed by atoms with Crippen LogP contribution in [0.5, 0.6) is 0 Å². The van der Waals surface area contributed by atoms with Crippen LogP contribution in [0.15, 0.2) is 47.6 Å². The summed E-state index contributed by atoms with van der Waals surface area (Å²) in [5, 5.41) is 0. The molecule has 3 saturated carbocycles. The molecule has 144 valence electrons. The predicted molar refractivity (Wildman–Crippen MR) is 115 cm³/mol. The highest BCUT2D eigenvalue weighted by Gasteiger charge is 2.48. The first kappa shape index (κ1) is 19.7. The van der Waals surface area contributed by atoms with E-state index in [1.807, 2.05) is 0 Å². The summed E-state index contributed by atoms with van der Waals surface area (Å²) < 4.78 is 0. The van der Waals surface area contributed by atoms with Gasteiger partial charge in [-0.2, -0.15) is 0 Å². The van der Waals surface area contributed by atoms with Gasteiger partial charge < -0.3 is 0 Å². The normalized spacial score (nSPS) is 35.8. The average Bonchev–Trinajstić information content (AvgIpc) is 2.95. The van der Waals surface area contributed by atoms with Gasteiger partial charge in [0, 0.05) is 0 Å². The lowest BCUT2D eigenvalue weighted by atomic mass is 9.63. The van der Waals surface area contributed by atoms with E-state index in [0.29, 0.717) is 5.41 Å². The molecule has 0 nitrogen and oxygen atoms in total. The minimum atomic E-state index is 0.536. The molecule has 0 heteroatoms. The molecule has 0 spiro atoms. The Morgan fingerprint density at radius 3 is 2.62 bits per heavy atom. The third-order valence-corrected chi connectivity index (χ3v) is 7.48. The largest absolute Gasteiger partial charge is 0.0956 e. The van der Waals surface area contributed by atoms with Crippen LogP contribution in [0.4, 0.5) is 0 Å². The zero-order valence-electron chi connectivity index (χ0n) is 17.5. The highest BCUT2D eigenvalue weighted by Crippen LogP contribution is 2.58. The highest BCUT2D eigenvalue weighted by atomic mass is 14.5. The van der Waals surface area contributed by atoms with E-state index in [-0.39, 0.29) is 0 Å². The number of allylic oxidation sites excluding steroid dienone is 7. The first-order valence-electron chi connectivity index (χ1n) is 11.2. The monoisotopic (exact) mass is 352 g/mol. The highest BCUT2D eigenvalue weighted by molar-refractivity contribution is 5.35. The van der Waals surface area contributed by atoms with Crippen molar-refractivity contribution in [3.8, 4) is 0 Å². The van der Waals surface area contributed by atoms with Crippen molar-refractivity contribution in [2.24, 2.45) is 23.2 Å². The molecule has 0 heterocycles. The zero-order chi connectivity index (χ0) is 18.6.